The monoisotopic (exact) mass is 341 g/mol. The van der Waals surface area contributed by atoms with Gasteiger partial charge in [-0.05, 0) is 48.0 Å². The minimum absolute atomic E-state index is 0.265. The second-order valence-electron chi connectivity index (χ2n) is 5.26. The molecule has 24 heavy (non-hydrogen) atoms. The Hall–Kier alpha value is -2.79. The number of benzene rings is 2. The SMILES string of the molecule is COc1ccc(NC(=O)c2cc(Cc3ccc(Cl)cc3)[nH]n2)cc1. The van der Waals surface area contributed by atoms with Gasteiger partial charge in [0.2, 0.25) is 0 Å². The van der Waals surface area contributed by atoms with Gasteiger partial charge in [0.25, 0.3) is 5.91 Å². The maximum atomic E-state index is 12.2. The molecule has 0 radical (unpaired) electrons. The van der Waals surface area contributed by atoms with Gasteiger partial charge in [0, 0.05) is 22.8 Å². The molecule has 6 heteroatoms. The van der Waals surface area contributed by atoms with Crippen LogP contribution in [0.1, 0.15) is 21.7 Å². The molecule has 2 N–H and O–H groups in total. The number of aromatic nitrogens is 2. The van der Waals surface area contributed by atoms with E-state index < -0.39 is 0 Å². The van der Waals surface area contributed by atoms with E-state index in [4.69, 9.17) is 16.3 Å². The number of nitrogens with zero attached hydrogens (tertiary/aromatic N) is 1. The van der Waals surface area contributed by atoms with Crippen LogP contribution in [0.5, 0.6) is 5.75 Å². The van der Waals surface area contributed by atoms with Crippen molar-refractivity contribution < 1.29 is 9.53 Å². The predicted molar refractivity (Wildman–Crippen MR) is 93.8 cm³/mol. The van der Waals surface area contributed by atoms with Crippen LogP contribution in [0.25, 0.3) is 0 Å². The van der Waals surface area contributed by atoms with Gasteiger partial charge in [-0.3, -0.25) is 9.89 Å². The standard InChI is InChI=1S/C18H16ClN3O2/c1-24-16-8-6-14(7-9-16)20-18(23)17-11-15(21-22-17)10-12-2-4-13(19)5-3-12/h2-9,11H,10H2,1H3,(H,20,23)(H,21,22). The zero-order chi connectivity index (χ0) is 16.9. The van der Waals surface area contributed by atoms with Crippen molar-refractivity contribution in [1.29, 1.82) is 0 Å². The van der Waals surface area contributed by atoms with Crippen molar-refractivity contribution in [2.75, 3.05) is 12.4 Å². The van der Waals surface area contributed by atoms with Gasteiger partial charge in [0.1, 0.15) is 5.75 Å². The zero-order valence-corrected chi connectivity index (χ0v) is 13.8. The number of carbonyl (C=O) groups excluding carboxylic acids is 1. The molecule has 3 rings (SSSR count). The van der Waals surface area contributed by atoms with Crippen molar-refractivity contribution in [1.82, 2.24) is 10.2 Å². The van der Waals surface area contributed by atoms with Crippen LogP contribution in [0.15, 0.2) is 54.6 Å². The number of methoxy groups -OCH3 is 1. The minimum atomic E-state index is -0.265. The molecule has 0 bridgehead atoms. The average molecular weight is 342 g/mol. The normalized spacial score (nSPS) is 10.4. The molecule has 0 aliphatic carbocycles. The molecule has 122 valence electrons. The van der Waals surface area contributed by atoms with Crippen molar-refractivity contribution in [3.63, 3.8) is 0 Å². The molecular formula is C18H16ClN3O2. The summed E-state index contributed by atoms with van der Waals surface area (Å²) >= 11 is 5.88. The van der Waals surface area contributed by atoms with Crippen LogP contribution in [0.4, 0.5) is 5.69 Å². The molecule has 0 spiro atoms. The lowest BCUT2D eigenvalue weighted by Gasteiger charge is -2.04. The first kappa shape index (κ1) is 16.1. The smallest absolute Gasteiger partial charge is 0.276 e. The van der Waals surface area contributed by atoms with Crippen LogP contribution < -0.4 is 10.1 Å². The van der Waals surface area contributed by atoms with E-state index in [-0.39, 0.29) is 5.91 Å². The van der Waals surface area contributed by atoms with Crippen LogP contribution in [-0.2, 0) is 6.42 Å². The first-order valence-corrected chi connectivity index (χ1v) is 7.76. The van der Waals surface area contributed by atoms with Gasteiger partial charge in [-0.15, -0.1) is 0 Å². The Bertz CT molecular complexity index is 826. The number of H-pyrrole nitrogens is 1. The molecule has 0 unspecified atom stereocenters. The molecule has 0 saturated carbocycles. The number of halogens is 1. The van der Waals surface area contributed by atoms with Crippen LogP contribution >= 0.6 is 11.6 Å². The number of nitrogens with one attached hydrogen (secondary N) is 2. The number of rotatable bonds is 5. The molecule has 1 amide bonds. The van der Waals surface area contributed by atoms with Crippen LogP contribution in [0.2, 0.25) is 5.02 Å². The fourth-order valence-electron chi connectivity index (χ4n) is 2.26. The molecule has 3 aromatic rings. The summed E-state index contributed by atoms with van der Waals surface area (Å²) in [5.74, 6) is 0.469. The molecule has 0 saturated heterocycles. The second-order valence-corrected chi connectivity index (χ2v) is 5.70. The topological polar surface area (TPSA) is 67.0 Å². The number of hydrogen-bond acceptors (Lipinski definition) is 3. The third-order valence-corrected chi connectivity index (χ3v) is 3.77. The summed E-state index contributed by atoms with van der Waals surface area (Å²) in [5.41, 5.74) is 2.97. The average Bonchev–Trinajstić information content (AvgIpc) is 3.06. The number of carbonyl (C=O) groups is 1. The summed E-state index contributed by atoms with van der Waals surface area (Å²) in [6.45, 7) is 0. The van der Waals surface area contributed by atoms with Gasteiger partial charge < -0.3 is 10.1 Å². The van der Waals surface area contributed by atoms with Crippen LogP contribution in [0, 0.1) is 0 Å². The van der Waals surface area contributed by atoms with Crippen molar-refractivity contribution in [2.45, 2.75) is 6.42 Å². The summed E-state index contributed by atoms with van der Waals surface area (Å²) < 4.78 is 5.09. The Morgan fingerprint density at radius 1 is 1.17 bits per heavy atom. The number of ether oxygens (including phenoxy) is 1. The lowest BCUT2D eigenvalue weighted by atomic mass is 10.1. The Balaban J connectivity index is 1.65. The van der Waals surface area contributed by atoms with Gasteiger partial charge >= 0.3 is 0 Å². The van der Waals surface area contributed by atoms with E-state index in [2.05, 4.69) is 15.5 Å². The Kier molecular flexibility index (Phi) is 4.82. The van der Waals surface area contributed by atoms with E-state index >= 15 is 0 Å². The lowest BCUT2D eigenvalue weighted by Crippen LogP contribution is -2.12. The number of anilines is 1. The van der Waals surface area contributed by atoms with E-state index in [9.17, 15) is 4.79 Å². The molecule has 1 heterocycles. The van der Waals surface area contributed by atoms with Gasteiger partial charge in [-0.25, -0.2) is 0 Å². The maximum absolute atomic E-state index is 12.2. The second kappa shape index (κ2) is 7.19. The highest BCUT2D eigenvalue weighted by Gasteiger charge is 2.11. The molecule has 2 aromatic carbocycles. The highest BCUT2D eigenvalue weighted by atomic mass is 35.5. The summed E-state index contributed by atoms with van der Waals surface area (Å²) in [7, 11) is 1.60. The number of hydrogen-bond donors (Lipinski definition) is 2. The van der Waals surface area contributed by atoms with E-state index in [1.807, 2.05) is 24.3 Å². The number of aromatic amines is 1. The van der Waals surface area contributed by atoms with Gasteiger partial charge in [0.15, 0.2) is 5.69 Å². The van der Waals surface area contributed by atoms with Crippen LogP contribution in [0.3, 0.4) is 0 Å². The summed E-state index contributed by atoms with van der Waals surface area (Å²) in [5, 5.41) is 10.5. The van der Waals surface area contributed by atoms with Gasteiger partial charge in [0.05, 0.1) is 7.11 Å². The van der Waals surface area contributed by atoms with Crippen molar-refractivity contribution in [3.8, 4) is 5.75 Å². The largest absolute Gasteiger partial charge is 0.497 e. The molecule has 1 aromatic heterocycles. The first-order chi connectivity index (χ1) is 11.6. The third-order valence-electron chi connectivity index (χ3n) is 3.52. The van der Waals surface area contributed by atoms with Crippen molar-refractivity contribution in [3.05, 3.63) is 76.6 Å². The van der Waals surface area contributed by atoms with Crippen LogP contribution in [-0.4, -0.2) is 23.2 Å². The van der Waals surface area contributed by atoms with E-state index in [0.717, 1.165) is 17.0 Å². The third kappa shape index (κ3) is 3.94. The molecule has 0 fully saturated rings. The van der Waals surface area contributed by atoms with Crippen molar-refractivity contribution in [2.24, 2.45) is 0 Å². The molecule has 0 aliphatic heterocycles. The predicted octanol–water partition coefficient (Wildman–Crippen LogP) is 3.91. The molecule has 0 aliphatic rings. The fraction of sp³-hybridized carbons (Fsp3) is 0.111. The van der Waals surface area contributed by atoms with Gasteiger partial charge in [-0.1, -0.05) is 23.7 Å². The number of amides is 1. The fourth-order valence-corrected chi connectivity index (χ4v) is 2.39. The highest BCUT2D eigenvalue weighted by Crippen LogP contribution is 2.16. The Labute approximate surface area is 144 Å². The first-order valence-electron chi connectivity index (χ1n) is 7.38. The van der Waals surface area contributed by atoms with E-state index in [1.54, 1.807) is 37.4 Å². The summed E-state index contributed by atoms with van der Waals surface area (Å²) in [6, 6.07) is 16.4. The summed E-state index contributed by atoms with van der Waals surface area (Å²) in [4.78, 5) is 12.2. The Morgan fingerprint density at radius 3 is 2.54 bits per heavy atom. The molecular weight excluding hydrogens is 326 g/mol. The minimum Gasteiger partial charge on any atom is -0.497 e. The van der Waals surface area contributed by atoms with E-state index in [1.165, 1.54) is 0 Å². The quantitative estimate of drug-likeness (QED) is 0.739. The maximum Gasteiger partial charge on any atom is 0.276 e. The van der Waals surface area contributed by atoms with E-state index in [0.29, 0.717) is 22.8 Å². The lowest BCUT2D eigenvalue weighted by molar-refractivity contribution is 0.102. The van der Waals surface area contributed by atoms with Gasteiger partial charge in [-0.2, -0.15) is 5.10 Å². The summed E-state index contributed by atoms with van der Waals surface area (Å²) in [6.07, 6.45) is 0.653. The molecule has 5 nitrogen and oxygen atoms in total. The highest BCUT2D eigenvalue weighted by molar-refractivity contribution is 6.30. The zero-order valence-electron chi connectivity index (χ0n) is 13.0. The Morgan fingerprint density at radius 2 is 1.88 bits per heavy atom. The van der Waals surface area contributed by atoms with Crippen molar-refractivity contribution >= 4 is 23.2 Å². The molecule has 0 atom stereocenters.